The number of para-hydroxylation sites is 1. The molecule has 0 aliphatic carbocycles. The van der Waals surface area contributed by atoms with Gasteiger partial charge in [-0.3, -0.25) is 10.1 Å². The van der Waals surface area contributed by atoms with Crippen LogP contribution in [0.1, 0.15) is 29.8 Å². The number of amides is 1. The van der Waals surface area contributed by atoms with Crippen LogP contribution in [0.2, 0.25) is 0 Å². The lowest BCUT2D eigenvalue weighted by atomic mass is 10.1. The van der Waals surface area contributed by atoms with Gasteiger partial charge < -0.3 is 9.88 Å². The molecule has 1 aromatic carbocycles. The number of nitrogens with one attached hydrogen (secondary N) is 2. The van der Waals surface area contributed by atoms with Crippen LogP contribution in [0.15, 0.2) is 30.3 Å². The molecule has 3 rings (SSSR count). The number of aromatic nitrogens is 1. The summed E-state index contributed by atoms with van der Waals surface area (Å²) in [5.41, 5.74) is 1.51. The Labute approximate surface area is 123 Å². The monoisotopic (exact) mass is 287 g/mol. The summed E-state index contributed by atoms with van der Waals surface area (Å²) in [6.45, 7) is 1.87. The lowest BCUT2D eigenvalue weighted by molar-refractivity contribution is 0.0968. The first-order valence-electron chi connectivity index (χ1n) is 6.92. The molecule has 0 radical (unpaired) electrons. The van der Waals surface area contributed by atoms with Crippen molar-refractivity contribution in [1.82, 2.24) is 15.2 Å². The van der Waals surface area contributed by atoms with Gasteiger partial charge in [0.25, 0.3) is 5.91 Å². The largest absolute Gasteiger partial charge is 0.351 e. The Kier molecular flexibility index (Phi) is 3.69. The molecule has 0 spiro atoms. The lowest BCUT2D eigenvalue weighted by Crippen LogP contribution is -2.45. The fraction of sp³-hybridized carbons (Fsp3) is 0.333. The molecule has 1 aliphatic heterocycles. The minimum atomic E-state index is -0.170. The zero-order chi connectivity index (χ0) is 13.9. The van der Waals surface area contributed by atoms with E-state index in [1.165, 1.54) is 6.42 Å². The van der Waals surface area contributed by atoms with Crippen molar-refractivity contribution in [3.05, 3.63) is 36.0 Å². The highest BCUT2D eigenvalue weighted by Gasteiger charge is 2.17. The predicted molar refractivity (Wildman–Crippen MR) is 83.8 cm³/mol. The molecule has 1 amide bonds. The minimum Gasteiger partial charge on any atom is -0.351 e. The van der Waals surface area contributed by atoms with E-state index in [1.807, 2.05) is 30.3 Å². The minimum absolute atomic E-state index is 0.170. The van der Waals surface area contributed by atoms with Gasteiger partial charge in [0.15, 0.2) is 5.11 Å². The molecule has 0 unspecified atom stereocenters. The first-order valence-corrected chi connectivity index (χ1v) is 7.33. The van der Waals surface area contributed by atoms with Crippen LogP contribution in [0.5, 0.6) is 0 Å². The predicted octanol–water partition coefficient (Wildman–Crippen LogP) is 2.67. The SMILES string of the molecule is O=C(NC(=S)N1CCCCC1)c1cc2ccccc2[nH]1. The molecular formula is C15H17N3OS. The Bertz CT molecular complexity index is 610. The van der Waals surface area contributed by atoms with E-state index in [4.69, 9.17) is 12.2 Å². The first-order chi connectivity index (χ1) is 9.74. The molecule has 1 fully saturated rings. The maximum absolute atomic E-state index is 12.2. The molecular weight excluding hydrogens is 270 g/mol. The second-order valence-corrected chi connectivity index (χ2v) is 5.46. The van der Waals surface area contributed by atoms with Gasteiger partial charge in [0, 0.05) is 24.0 Å². The van der Waals surface area contributed by atoms with Gasteiger partial charge in [-0.2, -0.15) is 0 Å². The molecule has 1 saturated heterocycles. The molecule has 2 N–H and O–H groups in total. The third-order valence-electron chi connectivity index (χ3n) is 3.64. The molecule has 0 bridgehead atoms. The van der Waals surface area contributed by atoms with E-state index in [1.54, 1.807) is 0 Å². The molecule has 1 aromatic heterocycles. The summed E-state index contributed by atoms with van der Waals surface area (Å²) in [5.74, 6) is -0.170. The Morgan fingerprint density at radius 3 is 2.70 bits per heavy atom. The molecule has 104 valence electrons. The highest BCUT2D eigenvalue weighted by Crippen LogP contribution is 2.15. The average molecular weight is 287 g/mol. The highest BCUT2D eigenvalue weighted by atomic mass is 32.1. The molecule has 0 saturated carbocycles. The summed E-state index contributed by atoms with van der Waals surface area (Å²) in [7, 11) is 0. The van der Waals surface area contributed by atoms with Crippen LogP contribution in [0.4, 0.5) is 0 Å². The fourth-order valence-corrected chi connectivity index (χ4v) is 2.81. The van der Waals surface area contributed by atoms with Gasteiger partial charge in [-0.15, -0.1) is 0 Å². The second kappa shape index (κ2) is 5.63. The van der Waals surface area contributed by atoms with Crippen molar-refractivity contribution in [3.63, 3.8) is 0 Å². The van der Waals surface area contributed by atoms with Gasteiger partial charge in [-0.1, -0.05) is 18.2 Å². The Morgan fingerprint density at radius 1 is 1.20 bits per heavy atom. The Balaban J connectivity index is 1.70. The van der Waals surface area contributed by atoms with Crippen LogP contribution < -0.4 is 5.32 Å². The number of benzene rings is 1. The van der Waals surface area contributed by atoms with Crippen LogP contribution >= 0.6 is 12.2 Å². The van der Waals surface area contributed by atoms with Gasteiger partial charge in [-0.05, 0) is 43.6 Å². The summed E-state index contributed by atoms with van der Waals surface area (Å²) in [6.07, 6.45) is 3.53. The average Bonchev–Trinajstić information content (AvgIpc) is 2.92. The number of likely N-dealkylation sites (tertiary alicyclic amines) is 1. The first kappa shape index (κ1) is 13.1. The molecule has 20 heavy (non-hydrogen) atoms. The van der Waals surface area contributed by atoms with Crippen molar-refractivity contribution in [2.45, 2.75) is 19.3 Å². The molecule has 5 heteroatoms. The van der Waals surface area contributed by atoms with E-state index in [-0.39, 0.29) is 5.91 Å². The van der Waals surface area contributed by atoms with E-state index in [2.05, 4.69) is 15.2 Å². The topological polar surface area (TPSA) is 48.1 Å². The summed E-state index contributed by atoms with van der Waals surface area (Å²) in [6, 6.07) is 9.68. The maximum Gasteiger partial charge on any atom is 0.273 e. The summed E-state index contributed by atoms with van der Waals surface area (Å²) >= 11 is 5.31. The molecule has 1 aliphatic rings. The summed E-state index contributed by atoms with van der Waals surface area (Å²) < 4.78 is 0. The number of hydrogen-bond donors (Lipinski definition) is 2. The fourth-order valence-electron chi connectivity index (χ4n) is 2.54. The van der Waals surface area contributed by atoms with E-state index in [0.29, 0.717) is 10.8 Å². The van der Waals surface area contributed by atoms with Crippen molar-refractivity contribution in [3.8, 4) is 0 Å². The molecule has 0 atom stereocenters. The molecule has 4 nitrogen and oxygen atoms in total. The van der Waals surface area contributed by atoms with Crippen LogP contribution in [0, 0.1) is 0 Å². The smallest absolute Gasteiger partial charge is 0.273 e. The standard InChI is InChI=1S/C15H17N3OS/c19-14(17-15(20)18-8-4-1-5-9-18)13-10-11-6-2-3-7-12(11)16-13/h2-3,6-7,10,16H,1,4-5,8-9H2,(H,17,19,20). The quantitative estimate of drug-likeness (QED) is 0.793. The number of H-pyrrole nitrogens is 1. The van der Waals surface area contributed by atoms with Gasteiger partial charge in [-0.25, -0.2) is 0 Å². The van der Waals surface area contributed by atoms with Crippen LogP contribution in [0.25, 0.3) is 10.9 Å². The van der Waals surface area contributed by atoms with Crippen LogP contribution in [-0.2, 0) is 0 Å². The van der Waals surface area contributed by atoms with Crippen molar-refractivity contribution >= 4 is 34.1 Å². The normalized spacial score (nSPS) is 15.3. The number of nitrogens with zero attached hydrogens (tertiary/aromatic N) is 1. The number of carbonyl (C=O) groups is 1. The van der Waals surface area contributed by atoms with Crippen molar-refractivity contribution in [2.24, 2.45) is 0 Å². The summed E-state index contributed by atoms with van der Waals surface area (Å²) in [4.78, 5) is 17.4. The van der Waals surface area contributed by atoms with E-state index in [0.717, 1.165) is 36.8 Å². The number of thiocarbonyl (C=S) groups is 1. The van der Waals surface area contributed by atoms with Crippen LogP contribution in [-0.4, -0.2) is 34.0 Å². The zero-order valence-electron chi connectivity index (χ0n) is 11.2. The second-order valence-electron chi connectivity index (χ2n) is 5.08. The van der Waals surface area contributed by atoms with E-state index in [9.17, 15) is 4.79 Å². The number of piperidine rings is 1. The van der Waals surface area contributed by atoms with Gasteiger partial charge in [0.1, 0.15) is 5.69 Å². The van der Waals surface area contributed by atoms with Crippen molar-refractivity contribution in [1.29, 1.82) is 0 Å². The molecule has 2 aromatic rings. The maximum atomic E-state index is 12.2. The zero-order valence-corrected chi connectivity index (χ0v) is 12.0. The highest BCUT2D eigenvalue weighted by molar-refractivity contribution is 7.80. The van der Waals surface area contributed by atoms with Gasteiger partial charge in [0.05, 0.1) is 0 Å². The number of rotatable bonds is 1. The van der Waals surface area contributed by atoms with Crippen molar-refractivity contribution in [2.75, 3.05) is 13.1 Å². The Morgan fingerprint density at radius 2 is 1.95 bits per heavy atom. The number of aromatic amines is 1. The van der Waals surface area contributed by atoms with Crippen LogP contribution in [0.3, 0.4) is 0 Å². The van der Waals surface area contributed by atoms with Gasteiger partial charge >= 0.3 is 0 Å². The summed E-state index contributed by atoms with van der Waals surface area (Å²) in [5, 5.41) is 4.38. The van der Waals surface area contributed by atoms with Crippen molar-refractivity contribution < 1.29 is 4.79 Å². The number of hydrogen-bond acceptors (Lipinski definition) is 2. The Hall–Kier alpha value is -1.88. The lowest BCUT2D eigenvalue weighted by Gasteiger charge is -2.28. The van der Waals surface area contributed by atoms with E-state index < -0.39 is 0 Å². The third kappa shape index (κ3) is 2.67. The molecule has 2 heterocycles. The number of carbonyl (C=O) groups excluding carboxylic acids is 1. The van der Waals surface area contributed by atoms with E-state index >= 15 is 0 Å². The van der Waals surface area contributed by atoms with Gasteiger partial charge in [0.2, 0.25) is 0 Å². The number of fused-ring (bicyclic) bond motifs is 1. The third-order valence-corrected chi connectivity index (χ3v) is 4.00.